The number of rotatable bonds is 8. The second-order valence-corrected chi connectivity index (χ2v) is 5.74. The molecule has 0 aliphatic heterocycles. The van der Waals surface area contributed by atoms with E-state index >= 15 is 0 Å². The molecule has 1 aromatic carbocycles. The number of carbonyl (C=O) groups is 2. The first-order valence-electron chi connectivity index (χ1n) is 8.04. The number of nitrogens with one attached hydrogen (secondary N) is 1. The lowest BCUT2D eigenvalue weighted by Gasteiger charge is -2.13. The number of hydrogen-bond donors (Lipinski definition) is 2. The first kappa shape index (κ1) is 19.7. The van der Waals surface area contributed by atoms with Crippen LogP contribution in [0, 0.1) is 0 Å². The highest BCUT2D eigenvalue weighted by molar-refractivity contribution is 6.32. The Kier molecular flexibility index (Phi) is 6.52. The predicted octanol–water partition coefficient (Wildman–Crippen LogP) is 3.53. The summed E-state index contributed by atoms with van der Waals surface area (Å²) in [5.41, 5.74) is 0.688. The van der Waals surface area contributed by atoms with Crippen LogP contribution in [-0.2, 0) is 13.0 Å². The van der Waals surface area contributed by atoms with Crippen molar-refractivity contribution in [3.63, 3.8) is 0 Å². The van der Waals surface area contributed by atoms with E-state index in [9.17, 15) is 9.59 Å². The molecule has 1 heterocycles. The lowest BCUT2D eigenvalue weighted by Crippen LogP contribution is -2.22. The minimum atomic E-state index is -1.13. The predicted molar refractivity (Wildman–Crippen MR) is 95.4 cm³/mol. The van der Waals surface area contributed by atoms with Gasteiger partial charge < -0.3 is 24.3 Å². The highest BCUT2D eigenvalue weighted by atomic mass is 35.5. The van der Waals surface area contributed by atoms with Gasteiger partial charge in [-0.3, -0.25) is 4.79 Å². The molecule has 0 atom stereocenters. The molecule has 0 fully saturated rings. The van der Waals surface area contributed by atoms with E-state index in [4.69, 9.17) is 30.6 Å². The number of halogens is 1. The van der Waals surface area contributed by atoms with Crippen LogP contribution in [0.1, 0.15) is 46.1 Å². The molecule has 8 heteroatoms. The third kappa shape index (κ3) is 4.29. The quantitative estimate of drug-likeness (QED) is 0.725. The van der Waals surface area contributed by atoms with Gasteiger partial charge in [-0.2, -0.15) is 0 Å². The summed E-state index contributed by atoms with van der Waals surface area (Å²) >= 11 is 6.20. The zero-order valence-corrected chi connectivity index (χ0v) is 15.5. The van der Waals surface area contributed by atoms with Crippen LogP contribution in [-0.4, -0.2) is 30.7 Å². The van der Waals surface area contributed by atoms with Crippen molar-refractivity contribution in [2.24, 2.45) is 0 Å². The summed E-state index contributed by atoms with van der Waals surface area (Å²) in [5, 5.41) is 12.2. The first-order chi connectivity index (χ1) is 12.4. The van der Waals surface area contributed by atoms with Gasteiger partial charge in [0.15, 0.2) is 17.3 Å². The van der Waals surface area contributed by atoms with Gasteiger partial charge in [0.1, 0.15) is 11.3 Å². The number of aryl methyl sites for hydroxylation is 1. The summed E-state index contributed by atoms with van der Waals surface area (Å²) in [7, 11) is 1.50. The molecule has 0 aliphatic rings. The van der Waals surface area contributed by atoms with Gasteiger partial charge in [0.05, 0.1) is 18.7 Å². The Labute approximate surface area is 155 Å². The van der Waals surface area contributed by atoms with Crippen LogP contribution in [0.4, 0.5) is 0 Å². The van der Waals surface area contributed by atoms with E-state index in [1.54, 1.807) is 19.1 Å². The summed E-state index contributed by atoms with van der Waals surface area (Å²) in [6.07, 6.45) is 0.376. The second-order valence-electron chi connectivity index (χ2n) is 5.33. The van der Waals surface area contributed by atoms with Gasteiger partial charge in [0.2, 0.25) is 0 Å². The number of hydrogen-bond acceptors (Lipinski definition) is 5. The molecule has 0 saturated heterocycles. The fourth-order valence-corrected chi connectivity index (χ4v) is 2.70. The zero-order chi connectivity index (χ0) is 19.3. The molecular weight excluding hydrogens is 362 g/mol. The van der Waals surface area contributed by atoms with Crippen LogP contribution in [0.25, 0.3) is 0 Å². The smallest absolute Gasteiger partial charge is 0.339 e. The summed E-state index contributed by atoms with van der Waals surface area (Å²) in [6, 6.07) is 4.60. The topological polar surface area (TPSA) is 98.0 Å². The van der Waals surface area contributed by atoms with Gasteiger partial charge in [-0.1, -0.05) is 18.5 Å². The molecule has 0 spiro atoms. The lowest BCUT2D eigenvalue weighted by atomic mass is 10.2. The molecule has 2 aromatic rings. The molecule has 0 bridgehead atoms. The van der Waals surface area contributed by atoms with Gasteiger partial charge in [0.25, 0.3) is 5.91 Å². The second kappa shape index (κ2) is 8.62. The largest absolute Gasteiger partial charge is 0.493 e. The Morgan fingerprint density at radius 2 is 2.00 bits per heavy atom. The van der Waals surface area contributed by atoms with Crippen LogP contribution in [0.15, 0.2) is 22.6 Å². The van der Waals surface area contributed by atoms with Crippen LogP contribution in [0.3, 0.4) is 0 Å². The molecule has 2 rings (SSSR count). The zero-order valence-electron chi connectivity index (χ0n) is 14.7. The van der Waals surface area contributed by atoms with E-state index in [1.807, 2.05) is 6.92 Å². The van der Waals surface area contributed by atoms with Crippen molar-refractivity contribution >= 4 is 23.5 Å². The number of methoxy groups -OCH3 is 1. The minimum absolute atomic E-state index is 0.0107. The number of ether oxygens (including phenoxy) is 2. The molecule has 2 N–H and O–H groups in total. The normalized spacial score (nSPS) is 10.5. The number of furan rings is 1. The molecule has 1 amide bonds. The Bertz CT molecular complexity index is 814. The number of carboxylic acid groups (broad SMARTS) is 1. The number of benzene rings is 1. The number of carboxylic acids is 1. The van der Waals surface area contributed by atoms with E-state index in [0.29, 0.717) is 35.1 Å². The summed E-state index contributed by atoms with van der Waals surface area (Å²) < 4.78 is 16.0. The maximum absolute atomic E-state index is 12.2. The average molecular weight is 382 g/mol. The summed E-state index contributed by atoms with van der Waals surface area (Å²) in [6.45, 7) is 4.19. The highest BCUT2D eigenvalue weighted by Crippen LogP contribution is 2.36. The van der Waals surface area contributed by atoms with Gasteiger partial charge in [0, 0.05) is 19.0 Å². The van der Waals surface area contributed by atoms with E-state index in [0.717, 1.165) is 0 Å². The van der Waals surface area contributed by atoms with Crippen LogP contribution in [0.2, 0.25) is 5.02 Å². The molecule has 140 valence electrons. The van der Waals surface area contributed by atoms with Gasteiger partial charge in [-0.05, 0) is 24.6 Å². The van der Waals surface area contributed by atoms with E-state index in [2.05, 4.69) is 5.32 Å². The first-order valence-corrected chi connectivity index (χ1v) is 8.42. The van der Waals surface area contributed by atoms with Crippen molar-refractivity contribution in [1.82, 2.24) is 5.32 Å². The van der Waals surface area contributed by atoms with Crippen LogP contribution < -0.4 is 14.8 Å². The van der Waals surface area contributed by atoms with Crippen molar-refractivity contribution in [1.29, 1.82) is 0 Å². The highest BCUT2D eigenvalue weighted by Gasteiger charge is 2.20. The van der Waals surface area contributed by atoms with Gasteiger partial charge in [-0.15, -0.1) is 0 Å². The van der Waals surface area contributed by atoms with Crippen LogP contribution in [0.5, 0.6) is 11.5 Å². The Morgan fingerprint density at radius 3 is 2.54 bits per heavy atom. The molecule has 0 aliphatic carbocycles. The van der Waals surface area contributed by atoms with E-state index in [-0.39, 0.29) is 23.6 Å². The standard InChI is InChI=1S/C18H20ClNO6/c1-4-13-11(18(22)23)8-15(26-13)17(21)20-9-10-6-12(19)16(25-5-2)14(7-10)24-3/h6-8H,4-5,9H2,1-3H3,(H,20,21)(H,22,23). The van der Waals surface area contributed by atoms with Gasteiger partial charge in [-0.25, -0.2) is 4.79 Å². The van der Waals surface area contributed by atoms with Crippen molar-refractivity contribution in [3.05, 3.63) is 45.9 Å². The van der Waals surface area contributed by atoms with E-state index < -0.39 is 11.9 Å². The number of amides is 1. The van der Waals surface area contributed by atoms with Crippen LogP contribution >= 0.6 is 11.6 Å². The Morgan fingerprint density at radius 1 is 1.27 bits per heavy atom. The molecule has 0 saturated carbocycles. The maximum Gasteiger partial charge on any atom is 0.339 e. The van der Waals surface area contributed by atoms with Crippen molar-refractivity contribution in [3.8, 4) is 11.5 Å². The maximum atomic E-state index is 12.2. The van der Waals surface area contributed by atoms with Crippen molar-refractivity contribution < 1.29 is 28.6 Å². The molecule has 0 radical (unpaired) electrons. The Balaban J connectivity index is 2.14. The molecular formula is C18H20ClNO6. The lowest BCUT2D eigenvalue weighted by molar-refractivity contribution is 0.0694. The average Bonchev–Trinajstić information content (AvgIpc) is 3.06. The fourth-order valence-electron chi connectivity index (χ4n) is 2.41. The third-order valence-electron chi connectivity index (χ3n) is 3.62. The van der Waals surface area contributed by atoms with Crippen molar-refractivity contribution in [2.75, 3.05) is 13.7 Å². The SMILES string of the molecule is CCOc1c(Cl)cc(CNC(=O)c2cc(C(=O)O)c(CC)o2)cc1OC. The minimum Gasteiger partial charge on any atom is -0.493 e. The number of aromatic carboxylic acids is 1. The van der Waals surface area contributed by atoms with E-state index in [1.165, 1.54) is 13.2 Å². The number of carbonyl (C=O) groups excluding carboxylic acids is 1. The summed E-state index contributed by atoms with van der Waals surface area (Å²) in [5.74, 6) is -0.542. The van der Waals surface area contributed by atoms with Crippen molar-refractivity contribution in [2.45, 2.75) is 26.8 Å². The molecule has 1 aromatic heterocycles. The Hall–Kier alpha value is -2.67. The fraction of sp³-hybridized carbons (Fsp3) is 0.333. The molecule has 0 unspecified atom stereocenters. The molecule has 26 heavy (non-hydrogen) atoms. The third-order valence-corrected chi connectivity index (χ3v) is 3.90. The summed E-state index contributed by atoms with van der Waals surface area (Å²) in [4.78, 5) is 23.4. The molecule has 7 nitrogen and oxygen atoms in total. The van der Waals surface area contributed by atoms with Gasteiger partial charge >= 0.3 is 5.97 Å². The monoisotopic (exact) mass is 381 g/mol.